The second kappa shape index (κ2) is 8.04. The molecule has 1 atom stereocenters. The molecule has 0 saturated carbocycles. The molecule has 0 saturated heterocycles. The van der Waals surface area contributed by atoms with E-state index in [0.29, 0.717) is 11.3 Å². The van der Waals surface area contributed by atoms with Gasteiger partial charge in [-0.25, -0.2) is 4.79 Å². The molecular weight excluding hydrogens is 330 g/mol. The highest BCUT2D eigenvalue weighted by Crippen LogP contribution is 2.23. The number of methoxy groups -OCH3 is 1. The predicted octanol–water partition coefficient (Wildman–Crippen LogP) is 4.11. The zero-order chi connectivity index (χ0) is 19.4. The van der Waals surface area contributed by atoms with Crippen LogP contribution in [0.1, 0.15) is 39.5 Å². The summed E-state index contributed by atoms with van der Waals surface area (Å²) in [5.41, 5.74) is 5.08. The first-order valence-electron chi connectivity index (χ1n) is 8.47. The number of nitrogens with one attached hydrogen (secondary N) is 1. The lowest BCUT2D eigenvalue weighted by atomic mass is 10.0. The first-order chi connectivity index (χ1) is 12.2. The van der Waals surface area contributed by atoms with Crippen molar-refractivity contribution in [1.29, 1.82) is 0 Å². The van der Waals surface area contributed by atoms with E-state index in [0.717, 1.165) is 27.9 Å². The summed E-state index contributed by atoms with van der Waals surface area (Å²) in [5, 5.41) is 2.85. The van der Waals surface area contributed by atoms with Crippen molar-refractivity contribution >= 4 is 17.6 Å². The molecule has 0 heterocycles. The van der Waals surface area contributed by atoms with Crippen LogP contribution >= 0.6 is 0 Å². The summed E-state index contributed by atoms with van der Waals surface area (Å²) in [6, 6.07) is 9.03. The normalized spacial score (nSPS) is 11.6. The maximum Gasteiger partial charge on any atom is 0.339 e. The molecule has 2 aromatic carbocycles. The van der Waals surface area contributed by atoms with Gasteiger partial charge in [-0.1, -0.05) is 23.8 Å². The third-order valence-corrected chi connectivity index (χ3v) is 4.22. The number of amides is 1. The summed E-state index contributed by atoms with van der Waals surface area (Å²) in [5.74, 6) is -0.335. The lowest BCUT2D eigenvalue weighted by Gasteiger charge is -2.17. The van der Waals surface area contributed by atoms with Crippen LogP contribution in [0.3, 0.4) is 0 Å². The van der Waals surface area contributed by atoms with Gasteiger partial charge in [0.15, 0.2) is 6.10 Å². The smallest absolute Gasteiger partial charge is 0.339 e. The van der Waals surface area contributed by atoms with E-state index in [1.165, 1.54) is 0 Å². The molecule has 0 unspecified atom stereocenters. The molecular formula is C21H25NO4. The number of ether oxygens (including phenoxy) is 2. The third-order valence-electron chi connectivity index (χ3n) is 4.22. The highest BCUT2D eigenvalue weighted by atomic mass is 16.5. The van der Waals surface area contributed by atoms with Crippen molar-refractivity contribution in [2.24, 2.45) is 0 Å². The lowest BCUT2D eigenvalue weighted by Crippen LogP contribution is -2.30. The minimum Gasteiger partial charge on any atom is -0.496 e. The summed E-state index contributed by atoms with van der Waals surface area (Å²) in [4.78, 5) is 24.7. The molecule has 5 heteroatoms. The second-order valence-corrected chi connectivity index (χ2v) is 6.49. The summed E-state index contributed by atoms with van der Waals surface area (Å²) < 4.78 is 10.5. The van der Waals surface area contributed by atoms with Crippen molar-refractivity contribution in [2.75, 3.05) is 12.4 Å². The number of benzene rings is 2. The SMILES string of the molecule is COc1cc(C(=O)O[C@H](C)C(=O)Nc2c(C)cc(C)cc2C)ccc1C. The van der Waals surface area contributed by atoms with Gasteiger partial charge in [0.05, 0.1) is 12.7 Å². The van der Waals surface area contributed by atoms with Crippen LogP contribution in [0.15, 0.2) is 30.3 Å². The summed E-state index contributed by atoms with van der Waals surface area (Å²) in [7, 11) is 1.54. The molecule has 5 nitrogen and oxygen atoms in total. The van der Waals surface area contributed by atoms with Gasteiger partial charge in [-0.05, 0) is 63.4 Å². The van der Waals surface area contributed by atoms with Gasteiger partial charge in [0.25, 0.3) is 5.91 Å². The van der Waals surface area contributed by atoms with Gasteiger partial charge >= 0.3 is 5.97 Å². The molecule has 0 spiro atoms. The van der Waals surface area contributed by atoms with E-state index in [1.807, 2.05) is 39.8 Å². The first kappa shape index (κ1) is 19.5. The lowest BCUT2D eigenvalue weighted by molar-refractivity contribution is -0.123. The van der Waals surface area contributed by atoms with E-state index in [1.54, 1.807) is 32.2 Å². The van der Waals surface area contributed by atoms with Gasteiger partial charge in [0.1, 0.15) is 5.75 Å². The molecule has 0 aliphatic carbocycles. The van der Waals surface area contributed by atoms with Gasteiger partial charge in [-0.15, -0.1) is 0 Å². The second-order valence-electron chi connectivity index (χ2n) is 6.49. The Balaban J connectivity index is 2.08. The van der Waals surface area contributed by atoms with E-state index in [2.05, 4.69) is 5.32 Å². The average Bonchev–Trinajstić information content (AvgIpc) is 2.58. The Labute approximate surface area is 154 Å². The number of hydrogen-bond acceptors (Lipinski definition) is 4. The van der Waals surface area contributed by atoms with E-state index in [9.17, 15) is 9.59 Å². The van der Waals surface area contributed by atoms with Crippen LogP contribution in [0, 0.1) is 27.7 Å². The van der Waals surface area contributed by atoms with Gasteiger partial charge in [-0.3, -0.25) is 4.79 Å². The fourth-order valence-corrected chi connectivity index (χ4v) is 2.83. The Bertz CT molecular complexity index is 819. The third kappa shape index (κ3) is 4.42. The molecule has 2 aromatic rings. The van der Waals surface area contributed by atoms with E-state index >= 15 is 0 Å². The minimum absolute atomic E-state index is 0.342. The van der Waals surface area contributed by atoms with Crippen LogP contribution in [-0.2, 0) is 9.53 Å². The van der Waals surface area contributed by atoms with Gasteiger partial charge in [0.2, 0.25) is 0 Å². The first-order valence-corrected chi connectivity index (χ1v) is 8.47. The molecule has 0 aromatic heterocycles. The zero-order valence-electron chi connectivity index (χ0n) is 16.1. The maximum atomic E-state index is 12.4. The van der Waals surface area contributed by atoms with Crippen molar-refractivity contribution in [3.05, 3.63) is 58.1 Å². The van der Waals surface area contributed by atoms with Crippen molar-refractivity contribution < 1.29 is 19.1 Å². The molecule has 26 heavy (non-hydrogen) atoms. The average molecular weight is 355 g/mol. The van der Waals surface area contributed by atoms with Crippen LogP contribution in [-0.4, -0.2) is 25.1 Å². The number of hydrogen-bond donors (Lipinski definition) is 1. The largest absolute Gasteiger partial charge is 0.496 e. The van der Waals surface area contributed by atoms with Crippen molar-refractivity contribution in [3.63, 3.8) is 0 Å². The van der Waals surface area contributed by atoms with Crippen molar-refractivity contribution in [1.82, 2.24) is 0 Å². The minimum atomic E-state index is -0.921. The number of carbonyl (C=O) groups excluding carboxylic acids is 2. The van der Waals surface area contributed by atoms with Crippen LogP contribution in [0.2, 0.25) is 0 Å². The van der Waals surface area contributed by atoms with Gasteiger partial charge in [0, 0.05) is 5.69 Å². The van der Waals surface area contributed by atoms with Crippen LogP contribution in [0.25, 0.3) is 0 Å². The summed E-state index contributed by atoms with van der Waals surface area (Å²) >= 11 is 0. The summed E-state index contributed by atoms with van der Waals surface area (Å²) in [6.07, 6.45) is -0.921. The van der Waals surface area contributed by atoms with E-state index in [-0.39, 0.29) is 5.91 Å². The molecule has 0 aliphatic heterocycles. The number of carbonyl (C=O) groups is 2. The zero-order valence-corrected chi connectivity index (χ0v) is 16.1. The molecule has 0 aliphatic rings. The van der Waals surface area contributed by atoms with Gasteiger partial charge < -0.3 is 14.8 Å². The van der Waals surface area contributed by atoms with Crippen LogP contribution in [0.4, 0.5) is 5.69 Å². The molecule has 2 rings (SSSR count). The maximum absolute atomic E-state index is 12.4. The monoisotopic (exact) mass is 355 g/mol. The van der Waals surface area contributed by atoms with E-state index in [4.69, 9.17) is 9.47 Å². The molecule has 0 fully saturated rings. The predicted molar refractivity (Wildman–Crippen MR) is 102 cm³/mol. The summed E-state index contributed by atoms with van der Waals surface area (Å²) in [6.45, 7) is 9.31. The molecule has 0 bridgehead atoms. The molecule has 1 amide bonds. The van der Waals surface area contributed by atoms with Gasteiger partial charge in [-0.2, -0.15) is 0 Å². The van der Waals surface area contributed by atoms with Crippen LogP contribution in [0.5, 0.6) is 5.75 Å². The van der Waals surface area contributed by atoms with Crippen molar-refractivity contribution in [2.45, 2.75) is 40.7 Å². The Kier molecular flexibility index (Phi) is 6.03. The Hall–Kier alpha value is -2.82. The van der Waals surface area contributed by atoms with Crippen LogP contribution < -0.4 is 10.1 Å². The molecule has 0 radical (unpaired) electrons. The fraction of sp³-hybridized carbons (Fsp3) is 0.333. The number of anilines is 1. The topological polar surface area (TPSA) is 64.6 Å². The van der Waals surface area contributed by atoms with Crippen molar-refractivity contribution in [3.8, 4) is 5.75 Å². The number of esters is 1. The number of rotatable bonds is 5. The molecule has 1 N–H and O–H groups in total. The standard InChI is InChI=1S/C21H25NO4/c1-12-9-14(3)19(15(4)10-12)22-20(23)16(5)26-21(24)17-8-7-13(2)18(11-17)25-6/h7-11,16H,1-6H3,(H,22,23)/t16-/m1/s1. The number of aryl methyl sites for hydroxylation is 4. The molecule has 138 valence electrons. The highest BCUT2D eigenvalue weighted by molar-refractivity contribution is 5.98. The highest BCUT2D eigenvalue weighted by Gasteiger charge is 2.21. The Morgan fingerprint density at radius 1 is 0.962 bits per heavy atom. The fourth-order valence-electron chi connectivity index (χ4n) is 2.83. The quantitative estimate of drug-likeness (QED) is 0.820. The Morgan fingerprint density at radius 2 is 1.58 bits per heavy atom. The van der Waals surface area contributed by atoms with E-state index < -0.39 is 12.1 Å². The Morgan fingerprint density at radius 3 is 2.15 bits per heavy atom.